The molecular weight excluding hydrogens is 432 g/mol. The maximum atomic E-state index is 12.7. The molecule has 2 heterocycles. The summed E-state index contributed by atoms with van der Waals surface area (Å²) in [5, 5.41) is 17.8. The summed E-state index contributed by atoms with van der Waals surface area (Å²) in [6, 6.07) is 17.0. The van der Waals surface area contributed by atoms with Gasteiger partial charge in [0.15, 0.2) is 11.0 Å². The largest absolute Gasteiger partial charge is 0.309 e. The average molecular weight is 449 g/mol. The monoisotopic (exact) mass is 448 g/mol. The fourth-order valence-corrected chi connectivity index (χ4v) is 3.99. The van der Waals surface area contributed by atoms with Crippen LogP contribution >= 0.6 is 23.4 Å². The SMILES string of the molecule is Cc1c(Cl)cccc1-n1ccnc1SCC(=O)Nc1c(C#N)cnn1-c1ccccc1. The topological polar surface area (TPSA) is 88.5 Å². The van der Waals surface area contributed by atoms with Crippen LogP contribution in [0.2, 0.25) is 5.02 Å². The lowest BCUT2D eigenvalue weighted by molar-refractivity contribution is -0.113. The molecule has 1 amide bonds. The van der Waals surface area contributed by atoms with Gasteiger partial charge in [0.05, 0.1) is 23.3 Å². The highest BCUT2D eigenvalue weighted by molar-refractivity contribution is 7.99. The minimum atomic E-state index is -0.267. The van der Waals surface area contributed by atoms with Crippen LogP contribution in [0.25, 0.3) is 11.4 Å². The predicted octanol–water partition coefficient (Wildman–Crippen LogP) is 4.62. The van der Waals surface area contributed by atoms with Crippen molar-refractivity contribution in [2.24, 2.45) is 0 Å². The minimum absolute atomic E-state index is 0.113. The van der Waals surface area contributed by atoms with Crippen LogP contribution in [0.15, 0.2) is 72.3 Å². The summed E-state index contributed by atoms with van der Waals surface area (Å²) in [4.78, 5) is 17.0. The number of nitrogens with one attached hydrogen (secondary N) is 1. The summed E-state index contributed by atoms with van der Waals surface area (Å²) in [5.41, 5.74) is 2.87. The number of benzene rings is 2. The fraction of sp³-hybridized carbons (Fsp3) is 0.0909. The molecule has 0 aliphatic rings. The van der Waals surface area contributed by atoms with Crippen molar-refractivity contribution in [1.82, 2.24) is 19.3 Å². The normalized spacial score (nSPS) is 10.6. The van der Waals surface area contributed by atoms with Gasteiger partial charge in [-0.25, -0.2) is 9.67 Å². The maximum absolute atomic E-state index is 12.7. The van der Waals surface area contributed by atoms with Crippen molar-refractivity contribution >= 4 is 35.1 Å². The number of rotatable bonds is 6. The smallest absolute Gasteiger partial charge is 0.236 e. The Morgan fingerprint density at radius 2 is 2.03 bits per heavy atom. The van der Waals surface area contributed by atoms with Crippen LogP contribution in [0.3, 0.4) is 0 Å². The second kappa shape index (κ2) is 9.08. The minimum Gasteiger partial charge on any atom is -0.309 e. The van der Waals surface area contributed by atoms with Gasteiger partial charge in [-0.3, -0.25) is 9.36 Å². The first-order chi connectivity index (χ1) is 15.1. The number of amides is 1. The second-order valence-corrected chi connectivity index (χ2v) is 7.92. The number of carbonyl (C=O) groups excluding carboxylic acids is 1. The summed E-state index contributed by atoms with van der Waals surface area (Å²) in [7, 11) is 0. The highest BCUT2D eigenvalue weighted by Crippen LogP contribution is 2.27. The van der Waals surface area contributed by atoms with E-state index in [1.165, 1.54) is 22.6 Å². The Morgan fingerprint density at radius 3 is 2.81 bits per heavy atom. The Balaban J connectivity index is 1.51. The molecule has 0 aliphatic heterocycles. The highest BCUT2D eigenvalue weighted by atomic mass is 35.5. The van der Waals surface area contributed by atoms with Gasteiger partial charge in [-0.1, -0.05) is 47.6 Å². The fourth-order valence-electron chi connectivity index (χ4n) is 3.05. The van der Waals surface area contributed by atoms with Crippen LogP contribution in [0.5, 0.6) is 0 Å². The van der Waals surface area contributed by atoms with E-state index in [-0.39, 0.29) is 11.7 Å². The van der Waals surface area contributed by atoms with E-state index in [2.05, 4.69) is 21.5 Å². The van der Waals surface area contributed by atoms with Crippen LogP contribution in [0.1, 0.15) is 11.1 Å². The molecule has 0 radical (unpaired) electrons. The summed E-state index contributed by atoms with van der Waals surface area (Å²) in [5.74, 6) is 0.187. The van der Waals surface area contributed by atoms with Gasteiger partial charge in [0, 0.05) is 17.4 Å². The number of halogens is 1. The zero-order valence-corrected chi connectivity index (χ0v) is 18.1. The van der Waals surface area contributed by atoms with Crippen LogP contribution in [0, 0.1) is 18.3 Å². The van der Waals surface area contributed by atoms with E-state index < -0.39 is 0 Å². The van der Waals surface area contributed by atoms with Crippen LogP contribution in [-0.2, 0) is 4.79 Å². The van der Waals surface area contributed by atoms with Crippen molar-refractivity contribution in [3.8, 4) is 17.4 Å². The lowest BCUT2D eigenvalue weighted by Gasteiger charge is -2.12. The number of nitrogens with zero attached hydrogens (tertiary/aromatic N) is 5. The van der Waals surface area contributed by atoms with Crippen molar-refractivity contribution in [3.05, 3.63) is 83.3 Å². The van der Waals surface area contributed by atoms with E-state index in [9.17, 15) is 10.1 Å². The first-order valence-electron chi connectivity index (χ1n) is 9.33. The van der Waals surface area contributed by atoms with Crippen molar-refractivity contribution in [3.63, 3.8) is 0 Å². The molecule has 0 bridgehead atoms. The molecule has 0 saturated carbocycles. The molecule has 0 unspecified atom stereocenters. The van der Waals surface area contributed by atoms with Crippen LogP contribution in [-0.4, -0.2) is 31.0 Å². The highest BCUT2D eigenvalue weighted by Gasteiger charge is 2.17. The van der Waals surface area contributed by atoms with Crippen molar-refractivity contribution in [2.45, 2.75) is 12.1 Å². The molecule has 9 heteroatoms. The van der Waals surface area contributed by atoms with Gasteiger partial charge in [-0.15, -0.1) is 0 Å². The van der Waals surface area contributed by atoms with E-state index in [1.54, 1.807) is 6.20 Å². The Labute approximate surface area is 188 Å². The Hall–Kier alpha value is -3.54. The molecule has 1 N–H and O–H groups in total. The van der Waals surface area contributed by atoms with Crippen molar-refractivity contribution in [2.75, 3.05) is 11.1 Å². The molecule has 0 saturated heterocycles. The van der Waals surface area contributed by atoms with Gasteiger partial charge in [0.1, 0.15) is 11.6 Å². The zero-order chi connectivity index (χ0) is 21.8. The summed E-state index contributed by atoms with van der Waals surface area (Å²) in [6.07, 6.45) is 4.94. The van der Waals surface area contributed by atoms with E-state index in [0.717, 1.165) is 16.9 Å². The van der Waals surface area contributed by atoms with E-state index >= 15 is 0 Å². The molecule has 0 aliphatic carbocycles. The number of para-hydroxylation sites is 1. The number of imidazole rings is 1. The van der Waals surface area contributed by atoms with Crippen molar-refractivity contribution < 1.29 is 4.79 Å². The Bertz CT molecular complexity index is 1270. The first-order valence-corrected chi connectivity index (χ1v) is 10.7. The van der Waals surface area contributed by atoms with Crippen LogP contribution < -0.4 is 5.32 Å². The Morgan fingerprint density at radius 1 is 1.23 bits per heavy atom. The quantitative estimate of drug-likeness (QED) is 0.435. The first kappa shape index (κ1) is 20.7. The molecule has 4 aromatic rings. The molecule has 4 rings (SSSR count). The van der Waals surface area contributed by atoms with Gasteiger partial charge in [0.2, 0.25) is 5.91 Å². The maximum Gasteiger partial charge on any atom is 0.236 e. The van der Waals surface area contributed by atoms with Gasteiger partial charge in [-0.05, 0) is 36.8 Å². The second-order valence-electron chi connectivity index (χ2n) is 6.57. The van der Waals surface area contributed by atoms with Gasteiger partial charge >= 0.3 is 0 Å². The van der Waals surface area contributed by atoms with E-state index in [0.29, 0.717) is 21.6 Å². The molecule has 0 fully saturated rings. The average Bonchev–Trinajstić information content (AvgIpc) is 3.41. The number of carbonyl (C=O) groups is 1. The number of aromatic nitrogens is 4. The van der Waals surface area contributed by atoms with Gasteiger partial charge in [0.25, 0.3) is 0 Å². The number of thioether (sulfide) groups is 1. The molecule has 2 aromatic heterocycles. The molecular formula is C22H17ClN6OS. The zero-order valence-electron chi connectivity index (χ0n) is 16.5. The predicted molar refractivity (Wildman–Crippen MR) is 121 cm³/mol. The molecule has 154 valence electrons. The number of nitriles is 1. The molecule has 2 aromatic carbocycles. The molecule has 31 heavy (non-hydrogen) atoms. The third-order valence-electron chi connectivity index (χ3n) is 4.59. The number of hydrogen-bond donors (Lipinski definition) is 1. The van der Waals surface area contributed by atoms with E-state index in [4.69, 9.17) is 11.6 Å². The molecule has 7 nitrogen and oxygen atoms in total. The standard InChI is InChI=1S/C22H17ClN6OS/c1-15-18(23)8-5-9-19(15)28-11-10-25-22(28)31-14-20(30)27-21-16(12-24)13-26-29(21)17-6-3-2-4-7-17/h2-11,13H,14H2,1H3,(H,27,30). The van der Waals surface area contributed by atoms with Gasteiger partial charge in [-0.2, -0.15) is 10.4 Å². The van der Waals surface area contributed by atoms with Crippen LogP contribution in [0.4, 0.5) is 5.82 Å². The third kappa shape index (κ3) is 4.33. The van der Waals surface area contributed by atoms with Gasteiger partial charge < -0.3 is 5.32 Å². The van der Waals surface area contributed by atoms with E-state index in [1.807, 2.05) is 66.2 Å². The lowest BCUT2D eigenvalue weighted by Crippen LogP contribution is -2.18. The summed E-state index contributed by atoms with van der Waals surface area (Å²) >= 11 is 7.54. The number of anilines is 1. The van der Waals surface area contributed by atoms with Crippen molar-refractivity contribution in [1.29, 1.82) is 5.26 Å². The molecule has 0 atom stereocenters. The summed E-state index contributed by atoms with van der Waals surface area (Å²) in [6.45, 7) is 1.94. The summed E-state index contributed by atoms with van der Waals surface area (Å²) < 4.78 is 3.44. The third-order valence-corrected chi connectivity index (χ3v) is 5.96. The molecule has 0 spiro atoms. The lowest BCUT2D eigenvalue weighted by atomic mass is 10.2. The number of hydrogen-bond acceptors (Lipinski definition) is 5. The Kier molecular flexibility index (Phi) is 6.07.